The second kappa shape index (κ2) is 7.49. The van der Waals surface area contributed by atoms with E-state index in [4.69, 9.17) is 11.6 Å². The number of fused-ring (bicyclic) bond motifs is 1. The number of rotatable bonds is 4. The molecule has 0 fully saturated rings. The molecule has 3 heterocycles. The minimum atomic E-state index is -4.71. The first-order chi connectivity index (χ1) is 14.0. The summed E-state index contributed by atoms with van der Waals surface area (Å²) in [5.41, 5.74) is 1.07. The molecule has 0 unspecified atom stereocenters. The monoisotopic (exact) mass is 474 g/mol. The van der Waals surface area contributed by atoms with Crippen LogP contribution in [-0.2, 0) is 29.1 Å². The number of nitrogens with zero attached hydrogens (tertiary/aromatic N) is 2. The quantitative estimate of drug-likeness (QED) is 0.573. The van der Waals surface area contributed by atoms with Crippen LogP contribution in [0.3, 0.4) is 0 Å². The number of sulfone groups is 1. The van der Waals surface area contributed by atoms with E-state index in [0.29, 0.717) is 30.0 Å². The summed E-state index contributed by atoms with van der Waals surface area (Å²) in [7, 11) is -3.56. The number of benzene rings is 1. The van der Waals surface area contributed by atoms with Crippen molar-refractivity contribution in [3.63, 3.8) is 0 Å². The van der Waals surface area contributed by atoms with Crippen molar-refractivity contribution in [2.45, 2.75) is 24.2 Å². The zero-order chi connectivity index (χ0) is 21.7. The highest BCUT2D eigenvalue weighted by molar-refractivity contribution is 7.90. The van der Waals surface area contributed by atoms with Gasteiger partial charge in [0.25, 0.3) is 0 Å². The Hall–Kier alpha value is -2.21. The zero-order valence-corrected chi connectivity index (χ0v) is 17.7. The molecule has 0 spiro atoms. The van der Waals surface area contributed by atoms with Crippen molar-refractivity contribution in [2.75, 3.05) is 11.6 Å². The average molecular weight is 475 g/mol. The van der Waals surface area contributed by atoms with Crippen LogP contribution in [0.2, 0.25) is 5.02 Å². The van der Waals surface area contributed by atoms with E-state index in [9.17, 15) is 21.6 Å². The van der Waals surface area contributed by atoms with Gasteiger partial charge >= 0.3 is 6.18 Å². The standard InChI is InChI=1S/C18H14ClF3N4O2S2/c1-30(27,28)11-4-15(29-8-11)16-12(18(20,21)22)7-24-17(26-16)25-14-3-10-6-23-5-9(10)2-13(14)19/h2-4,7-8,23H,5-6H2,1H3,(H,24,25,26). The summed E-state index contributed by atoms with van der Waals surface area (Å²) in [5.74, 6) is -0.0832. The Morgan fingerprint density at radius 2 is 1.90 bits per heavy atom. The second-order valence-electron chi connectivity index (χ2n) is 6.70. The SMILES string of the molecule is CS(=O)(=O)c1csc(-c2nc(Nc3cc4c(cc3Cl)CNC4)ncc2C(F)(F)F)c1. The molecule has 2 aromatic heterocycles. The van der Waals surface area contributed by atoms with Crippen LogP contribution in [0.5, 0.6) is 0 Å². The van der Waals surface area contributed by atoms with Gasteiger partial charge in [-0.3, -0.25) is 0 Å². The number of nitrogens with one attached hydrogen (secondary N) is 2. The van der Waals surface area contributed by atoms with Gasteiger partial charge in [-0.15, -0.1) is 11.3 Å². The van der Waals surface area contributed by atoms with Crippen LogP contribution < -0.4 is 10.6 Å². The van der Waals surface area contributed by atoms with Gasteiger partial charge in [0.1, 0.15) is 5.56 Å². The maximum atomic E-state index is 13.5. The lowest BCUT2D eigenvalue weighted by atomic mass is 10.1. The fourth-order valence-electron chi connectivity index (χ4n) is 3.01. The average Bonchev–Trinajstić information content (AvgIpc) is 3.30. The second-order valence-corrected chi connectivity index (χ2v) is 10.0. The molecule has 0 aliphatic carbocycles. The number of hydrogen-bond acceptors (Lipinski definition) is 7. The third kappa shape index (κ3) is 4.15. The van der Waals surface area contributed by atoms with Crippen LogP contribution in [-0.4, -0.2) is 24.6 Å². The fraction of sp³-hybridized carbons (Fsp3) is 0.222. The first-order valence-corrected chi connectivity index (χ1v) is 11.7. The molecule has 0 bridgehead atoms. The zero-order valence-electron chi connectivity index (χ0n) is 15.3. The third-order valence-corrected chi connectivity index (χ3v) is 6.99. The molecule has 4 rings (SSSR count). The molecule has 158 valence electrons. The molecule has 0 saturated heterocycles. The van der Waals surface area contributed by atoms with Gasteiger partial charge in [0.05, 0.1) is 26.2 Å². The Kier molecular flexibility index (Phi) is 5.25. The molecule has 0 radical (unpaired) electrons. The highest BCUT2D eigenvalue weighted by atomic mass is 35.5. The lowest BCUT2D eigenvalue weighted by molar-refractivity contribution is -0.137. The number of alkyl halides is 3. The van der Waals surface area contributed by atoms with Crippen molar-refractivity contribution in [3.05, 3.63) is 51.5 Å². The topological polar surface area (TPSA) is 84.0 Å². The molecule has 1 aliphatic heterocycles. The lowest BCUT2D eigenvalue weighted by Crippen LogP contribution is -2.11. The summed E-state index contributed by atoms with van der Waals surface area (Å²) >= 11 is 7.14. The van der Waals surface area contributed by atoms with Crippen molar-refractivity contribution in [2.24, 2.45) is 0 Å². The van der Waals surface area contributed by atoms with Crippen molar-refractivity contribution < 1.29 is 21.6 Å². The van der Waals surface area contributed by atoms with Gasteiger partial charge in [-0.05, 0) is 29.3 Å². The van der Waals surface area contributed by atoms with Crippen molar-refractivity contribution >= 4 is 44.4 Å². The molecule has 6 nitrogen and oxygen atoms in total. The Labute approximate surface area is 179 Å². The molecule has 0 atom stereocenters. The highest BCUT2D eigenvalue weighted by Gasteiger charge is 2.36. The molecule has 2 N–H and O–H groups in total. The Morgan fingerprint density at radius 3 is 2.53 bits per heavy atom. The van der Waals surface area contributed by atoms with E-state index in [2.05, 4.69) is 20.6 Å². The molecule has 1 aromatic carbocycles. The number of thiophene rings is 1. The summed E-state index contributed by atoms with van der Waals surface area (Å²) in [6.07, 6.45) is -3.05. The van der Waals surface area contributed by atoms with Crippen LogP contribution in [0.25, 0.3) is 10.6 Å². The Bertz CT molecular complexity index is 1240. The minimum Gasteiger partial charge on any atom is -0.323 e. The predicted octanol–water partition coefficient (Wildman–Crippen LogP) is 4.63. The Balaban J connectivity index is 1.77. The number of hydrogen-bond donors (Lipinski definition) is 2. The van der Waals surface area contributed by atoms with Crippen molar-refractivity contribution in [1.29, 1.82) is 0 Å². The van der Waals surface area contributed by atoms with Gasteiger partial charge in [-0.2, -0.15) is 13.2 Å². The minimum absolute atomic E-state index is 0.0671. The van der Waals surface area contributed by atoms with E-state index in [1.54, 1.807) is 12.1 Å². The number of halogens is 4. The van der Waals surface area contributed by atoms with Crippen molar-refractivity contribution in [3.8, 4) is 10.6 Å². The van der Waals surface area contributed by atoms with Gasteiger partial charge < -0.3 is 10.6 Å². The molecular formula is C18H14ClF3N4O2S2. The number of aromatic nitrogens is 2. The van der Waals surface area contributed by atoms with Gasteiger partial charge in [0.2, 0.25) is 5.95 Å². The van der Waals surface area contributed by atoms with E-state index in [0.717, 1.165) is 28.7 Å². The van der Waals surface area contributed by atoms with E-state index in [-0.39, 0.29) is 15.7 Å². The summed E-state index contributed by atoms with van der Waals surface area (Å²) in [6, 6.07) is 4.75. The molecular weight excluding hydrogens is 461 g/mol. The first kappa shape index (κ1) is 21.0. The molecule has 0 saturated carbocycles. The van der Waals surface area contributed by atoms with E-state index >= 15 is 0 Å². The van der Waals surface area contributed by atoms with E-state index < -0.39 is 27.3 Å². The largest absolute Gasteiger partial charge is 0.420 e. The summed E-state index contributed by atoms with van der Waals surface area (Å²) in [5, 5.41) is 7.72. The number of anilines is 2. The van der Waals surface area contributed by atoms with Crippen LogP contribution in [0, 0.1) is 0 Å². The van der Waals surface area contributed by atoms with E-state index in [1.807, 2.05) is 0 Å². The maximum absolute atomic E-state index is 13.5. The third-order valence-electron chi connectivity index (χ3n) is 4.50. The Morgan fingerprint density at radius 1 is 1.20 bits per heavy atom. The highest BCUT2D eigenvalue weighted by Crippen LogP contribution is 2.39. The predicted molar refractivity (Wildman–Crippen MR) is 109 cm³/mol. The van der Waals surface area contributed by atoms with Gasteiger partial charge in [0.15, 0.2) is 9.84 Å². The fourth-order valence-corrected chi connectivity index (χ4v) is 5.27. The maximum Gasteiger partial charge on any atom is 0.420 e. The summed E-state index contributed by atoms with van der Waals surface area (Å²) in [4.78, 5) is 7.82. The first-order valence-electron chi connectivity index (χ1n) is 8.54. The molecule has 0 amide bonds. The van der Waals surface area contributed by atoms with Gasteiger partial charge in [-0.1, -0.05) is 11.6 Å². The molecule has 30 heavy (non-hydrogen) atoms. The van der Waals surface area contributed by atoms with Gasteiger partial charge in [-0.25, -0.2) is 18.4 Å². The molecule has 1 aliphatic rings. The lowest BCUT2D eigenvalue weighted by Gasteiger charge is -2.14. The van der Waals surface area contributed by atoms with Crippen LogP contribution in [0.4, 0.5) is 24.8 Å². The molecule has 3 aromatic rings. The van der Waals surface area contributed by atoms with E-state index in [1.165, 1.54) is 11.4 Å². The van der Waals surface area contributed by atoms with Crippen LogP contribution in [0.1, 0.15) is 16.7 Å². The summed E-state index contributed by atoms with van der Waals surface area (Å²) < 4.78 is 64.0. The van der Waals surface area contributed by atoms with Crippen LogP contribution in [0.15, 0.2) is 34.7 Å². The smallest absolute Gasteiger partial charge is 0.323 e. The normalized spacial score (nSPS) is 14.0. The van der Waals surface area contributed by atoms with Gasteiger partial charge in [0, 0.05) is 30.9 Å². The van der Waals surface area contributed by atoms with Crippen LogP contribution >= 0.6 is 22.9 Å². The summed E-state index contributed by atoms with van der Waals surface area (Å²) in [6.45, 7) is 1.35. The van der Waals surface area contributed by atoms with Crippen molar-refractivity contribution in [1.82, 2.24) is 15.3 Å². The molecule has 12 heteroatoms.